The summed E-state index contributed by atoms with van der Waals surface area (Å²) in [5.41, 5.74) is 4.33. The summed E-state index contributed by atoms with van der Waals surface area (Å²) in [7, 11) is 0. The van der Waals surface area contributed by atoms with Crippen LogP contribution >= 0.6 is 0 Å². The van der Waals surface area contributed by atoms with Crippen LogP contribution in [0.2, 0.25) is 0 Å². The van der Waals surface area contributed by atoms with Crippen LogP contribution in [0, 0.1) is 5.92 Å². The predicted molar refractivity (Wildman–Crippen MR) is 112 cm³/mol. The van der Waals surface area contributed by atoms with E-state index in [9.17, 15) is 9.90 Å². The first-order valence-corrected chi connectivity index (χ1v) is 9.87. The summed E-state index contributed by atoms with van der Waals surface area (Å²) in [5.74, 6) is 0.260. The van der Waals surface area contributed by atoms with Crippen LogP contribution in [0.15, 0.2) is 84.9 Å². The molecule has 3 aromatic carbocycles. The average molecular weight is 371 g/mol. The molecule has 1 saturated carbocycles. The van der Waals surface area contributed by atoms with Crippen LogP contribution < -0.4 is 5.32 Å². The van der Waals surface area contributed by atoms with Crippen LogP contribution in [0.5, 0.6) is 0 Å². The molecule has 3 nitrogen and oxygen atoms in total. The smallest absolute Gasteiger partial charge is 0.251 e. The number of hydrogen-bond donors (Lipinski definition) is 2. The third-order valence-corrected chi connectivity index (χ3v) is 5.56. The number of amides is 1. The van der Waals surface area contributed by atoms with E-state index in [1.807, 2.05) is 36.4 Å². The number of nitrogens with one attached hydrogen (secondary N) is 1. The Kier molecular flexibility index (Phi) is 5.54. The van der Waals surface area contributed by atoms with Crippen LogP contribution in [-0.2, 0) is 6.42 Å². The Morgan fingerprint density at radius 3 is 2.11 bits per heavy atom. The van der Waals surface area contributed by atoms with Crippen molar-refractivity contribution in [2.75, 3.05) is 0 Å². The lowest BCUT2D eigenvalue weighted by Gasteiger charge is -2.16. The fourth-order valence-electron chi connectivity index (χ4n) is 4.08. The summed E-state index contributed by atoms with van der Waals surface area (Å²) in [6.07, 6.45) is 1.96. The minimum Gasteiger partial charge on any atom is -0.391 e. The van der Waals surface area contributed by atoms with Gasteiger partial charge in [-0.05, 0) is 54.0 Å². The first-order chi connectivity index (χ1) is 13.7. The Morgan fingerprint density at radius 2 is 1.43 bits per heavy atom. The summed E-state index contributed by atoms with van der Waals surface area (Å²) in [4.78, 5) is 12.4. The van der Waals surface area contributed by atoms with Gasteiger partial charge >= 0.3 is 0 Å². The van der Waals surface area contributed by atoms with Gasteiger partial charge in [0.25, 0.3) is 5.91 Å². The molecule has 0 unspecified atom stereocenters. The summed E-state index contributed by atoms with van der Waals surface area (Å²) in [6.45, 7) is 0. The van der Waals surface area contributed by atoms with Gasteiger partial charge in [-0.25, -0.2) is 0 Å². The van der Waals surface area contributed by atoms with E-state index >= 15 is 0 Å². The molecule has 1 amide bonds. The molecule has 0 radical (unpaired) electrons. The van der Waals surface area contributed by atoms with Crippen LogP contribution in [0.4, 0.5) is 0 Å². The van der Waals surface area contributed by atoms with Gasteiger partial charge in [-0.15, -0.1) is 0 Å². The molecule has 1 fully saturated rings. The van der Waals surface area contributed by atoms with E-state index in [0.29, 0.717) is 11.5 Å². The Labute approximate surface area is 166 Å². The van der Waals surface area contributed by atoms with E-state index in [-0.39, 0.29) is 11.9 Å². The zero-order valence-electron chi connectivity index (χ0n) is 15.8. The predicted octanol–water partition coefficient (Wildman–Crippen LogP) is 4.47. The van der Waals surface area contributed by atoms with Gasteiger partial charge in [0.2, 0.25) is 0 Å². The van der Waals surface area contributed by atoms with Crippen molar-refractivity contribution in [2.45, 2.75) is 31.4 Å². The van der Waals surface area contributed by atoms with E-state index in [1.54, 1.807) is 12.1 Å². The summed E-state index contributed by atoms with van der Waals surface area (Å²) < 4.78 is 0. The molecular weight excluding hydrogens is 346 g/mol. The van der Waals surface area contributed by atoms with Crippen molar-refractivity contribution in [1.29, 1.82) is 0 Å². The van der Waals surface area contributed by atoms with Crippen molar-refractivity contribution < 1.29 is 9.90 Å². The van der Waals surface area contributed by atoms with Gasteiger partial charge in [0.15, 0.2) is 0 Å². The zero-order valence-corrected chi connectivity index (χ0v) is 15.8. The molecule has 2 N–H and O–H groups in total. The molecule has 0 bridgehead atoms. The molecule has 0 heterocycles. The highest BCUT2D eigenvalue weighted by Crippen LogP contribution is 2.30. The van der Waals surface area contributed by atoms with E-state index in [4.69, 9.17) is 0 Å². The third kappa shape index (κ3) is 4.32. The molecule has 3 atom stereocenters. The van der Waals surface area contributed by atoms with Crippen molar-refractivity contribution in [1.82, 2.24) is 5.32 Å². The van der Waals surface area contributed by atoms with Gasteiger partial charge in [-0.1, -0.05) is 72.8 Å². The van der Waals surface area contributed by atoms with E-state index < -0.39 is 6.10 Å². The molecule has 3 aromatic rings. The number of aliphatic hydroxyl groups is 1. The van der Waals surface area contributed by atoms with Crippen molar-refractivity contribution in [2.24, 2.45) is 5.92 Å². The van der Waals surface area contributed by atoms with Crippen molar-refractivity contribution in [3.05, 3.63) is 96.1 Å². The number of carbonyl (C=O) groups is 1. The highest BCUT2D eigenvalue weighted by molar-refractivity contribution is 5.94. The number of rotatable bonds is 5. The van der Waals surface area contributed by atoms with E-state index in [0.717, 1.165) is 19.3 Å². The highest BCUT2D eigenvalue weighted by atomic mass is 16.3. The van der Waals surface area contributed by atoms with Gasteiger partial charge in [0.05, 0.1) is 12.1 Å². The van der Waals surface area contributed by atoms with Crippen molar-refractivity contribution in [3.63, 3.8) is 0 Å². The second kappa shape index (κ2) is 8.41. The summed E-state index contributed by atoms with van der Waals surface area (Å²) >= 11 is 0. The first-order valence-electron chi connectivity index (χ1n) is 9.87. The molecule has 3 heteroatoms. The lowest BCUT2D eigenvalue weighted by atomic mass is 9.96. The summed E-state index contributed by atoms with van der Waals surface area (Å²) in [6, 6.07) is 28.0. The number of hydrogen-bond acceptors (Lipinski definition) is 2. The number of aliphatic hydroxyl groups excluding tert-OH is 1. The highest BCUT2D eigenvalue weighted by Gasteiger charge is 2.34. The van der Waals surface area contributed by atoms with Crippen molar-refractivity contribution >= 4 is 5.91 Å². The maximum Gasteiger partial charge on any atom is 0.251 e. The first kappa shape index (κ1) is 18.5. The molecular formula is C25H25NO2. The van der Waals surface area contributed by atoms with Crippen LogP contribution in [0.1, 0.15) is 28.8 Å². The Morgan fingerprint density at radius 1 is 0.821 bits per heavy atom. The van der Waals surface area contributed by atoms with Gasteiger partial charge in [-0.3, -0.25) is 4.79 Å². The minimum atomic E-state index is -0.485. The molecule has 0 aromatic heterocycles. The summed E-state index contributed by atoms with van der Waals surface area (Å²) in [5, 5.41) is 13.4. The molecule has 28 heavy (non-hydrogen) atoms. The molecule has 4 rings (SSSR count). The molecule has 142 valence electrons. The normalized spacial score (nSPS) is 21.4. The maximum absolute atomic E-state index is 12.4. The number of carbonyl (C=O) groups excluding carboxylic acids is 1. The largest absolute Gasteiger partial charge is 0.391 e. The lowest BCUT2D eigenvalue weighted by Crippen LogP contribution is -2.39. The van der Waals surface area contributed by atoms with Crippen LogP contribution in [0.25, 0.3) is 11.1 Å². The molecule has 0 aliphatic heterocycles. The second-order valence-electron chi connectivity index (χ2n) is 7.62. The molecule has 1 aliphatic carbocycles. The lowest BCUT2D eigenvalue weighted by molar-refractivity contribution is 0.0873. The van der Waals surface area contributed by atoms with Gasteiger partial charge in [0.1, 0.15) is 0 Å². The fourth-order valence-corrected chi connectivity index (χ4v) is 4.08. The topological polar surface area (TPSA) is 49.3 Å². The van der Waals surface area contributed by atoms with Crippen LogP contribution in [-0.4, -0.2) is 23.2 Å². The Hall–Kier alpha value is -2.91. The standard InChI is InChI=1S/C25H25NO2/c27-24-17-19(16-23(24)26-25(28)22-9-5-2-6-10-22)15-18-11-13-21(14-12-18)20-7-3-1-4-8-20/h1-14,19,23-24,27H,15-17H2,(H,26,28)/t19-,23+,24+/m1/s1. The molecule has 1 aliphatic rings. The average Bonchev–Trinajstić information content (AvgIpc) is 3.08. The van der Waals surface area contributed by atoms with Gasteiger partial charge < -0.3 is 10.4 Å². The quantitative estimate of drug-likeness (QED) is 0.695. The van der Waals surface area contributed by atoms with Crippen LogP contribution in [0.3, 0.4) is 0 Å². The van der Waals surface area contributed by atoms with Gasteiger partial charge in [-0.2, -0.15) is 0 Å². The Bertz CT molecular complexity index is 906. The minimum absolute atomic E-state index is 0.113. The molecule has 0 saturated heterocycles. The van der Waals surface area contributed by atoms with Gasteiger partial charge in [0, 0.05) is 5.56 Å². The van der Waals surface area contributed by atoms with E-state index in [1.165, 1.54) is 16.7 Å². The second-order valence-corrected chi connectivity index (χ2v) is 7.62. The third-order valence-electron chi connectivity index (χ3n) is 5.56. The fraction of sp³-hybridized carbons (Fsp3) is 0.240. The zero-order chi connectivity index (χ0) is 19.3. The SMILES string of the molecule is O=C(N[C@H]1C[C@@H](Cc2ccc(-c3ccccc3)cc2)C[C@@H]1O)c1ccccc1. The Balaban J connectivity index is 1.35. The van der Waals surface area contributed by atoms with Crippen molar-refractivity contribution in [3.8, 4) is 11.1 Å². The van der Waals surface area contributed by atoms with E-state index in [2.05, 4.69) is 41.7 Å². The number of benzene rings is 3. The maximum atomic E-state index is 12.4. The monoisotopic (exact) mass is 371 g/mol. The molecule has 0 spiro atoms.